The number of benzene rings is 2. The van der Waals surface area contributed by atoms with E-state index in [-0.39, 0.29) is 5.91 Å². The molecule has 2 aromatic rings. The molecule has 0 aliphatic heterocycles. The van der Waals surface area contributed by atoms with Crippen molar-refractivity contribution in [2.24, 2.45) is 0 Å². The molecule has 2 rings (SSSR count). The number of methoxy groups -OCH3 is 1. The van der Waals surface area contributed by atoms with Crippen molar-refractivity contribution >= 4 is 17.5 Å². The molecule has 0 radical (unpaired) electrons. The minimum Gasteiger partial charge on any atom is -0.497 e. The Morgan fingerprint density at radius 1 is 1.05 bits per heavy atom. The van der Waals surface area contributed by atoms with Crippen molar-refractivity contribution in [2.45, 2.75) is 13.0 Å². The van der Waals surface area contributed by atoms with E-state index in [4.69, 9.17) is 21.1 Å². The van der Waals surface area contributed by atoms with Gasteiger partial charge in [0.05, 0.1) is 20.1 Å². The van der Waals surface area contributed by atoms with Crippen LogP contribution in [0.15, 0.2) is 48.5 Å². The van der Waals surface area contributed by atoms with Crippen molar-refractivity contribution in [1.29, 1.82) is 0 Å². The van der Waals surface area contributed by atoms with Crippen LogP contribution in [0.2, 0.25) is 5.02 Å². The molecule has 4 nitrogen and oxygen atoms in total. The van der Waals surface area contributed by atoms with Gasteiger partial charge in [0.1, 0.15) is 11.5 Å². The van der Waals surface area contributed by atoms with Gasteiger partial charge in [0.25, 0.3) is 0 Å². The number of rotatable bonds is 7. The number of ether oxygens (including phenoxy) is 2. The van der Waals surface area contributed by atoms with Gasteiger partial charge in [-0.3, -0.25) is 4.79 Å². The van der Waals surface area contributed by atoms with Crippen LogP contribution in [0.25, 0.3) is 0 Å². The van der Waals surface area contributed by atoms with Gasteiger partial charge in [-0.15, -0.1) is 0 Å². The Morgan fingerprint density at radius 2 is 1.68 bits per heavy atom. The third-order valence-corrected chi connectivity index (χ3v) is 3.31. The SMILES string of the molecule is COc1ccc(OCCC(=O)NCc2ccc(Cl)cc2)cc1. The molecule has 0 heterocycles. The molecule has 0 aliphatic rings. The lowest BCUT2D eigenvalue weighted by Gasteiger charge is -2.08. The molecule has 0 unspecified atom stereocenters. The van der Waals surface area contributed by atoms with Crippen LogP contribution in [-0.4, -0.2) is 19.6 Å². The summed E-state index contributed by atoms with van der Waals surface area (Å²) < 4.78 is 10.6. The van der Waals surface area contributed by atoms with E-state index in [0.29, 0.717) is 30.3 Å². The Bertz CT molecular complexity index is 596. The summed E-state index contributed by atoms with van der Waals surface area (Å²) in [7, 11) is 1.61. The van der Waals surface area contributed by atoms with Gasteiger partial charge in [0.15, 0.2) is 0 Å². The molecule has 1 N–H and O–H groups in total. The van der Waals surface area contributed by atoms with Gasteiger partial charge < -0.3 is 14.8 Å². The van der Waals surface area contributed by atoms with Crippen molar-refractivity contribution in [1.82, 2.24) is 5.32 Å². The fourth-order valence-corrected chi connectivity index (χ4v) is 1.95. The van der Waals surface area contributed by atoms with E-state index in [9.17, 15) is 4.79 Å². The minimum atomic E-state index is -0.0524. The first kappa shape index (κ1) is 16.2. The molecule has 0 fully saturated rings. The number of halogens is 1. The molecule has 0 saturated heterocycles. The summed E-state index contributed by atoms with van der Waals surface area (Å²) in [5.74, 6) is 1.43. The van der Waals surface area contributed by atoms with Gasteiger partial charge in [-0.2, -0.15) is 0 Å². The number of carbonyl (C=O) groups is 1. The number of hydrogen-bond donors (Lipinski definition) is 1. The first-order chi connectivity index (χ1) is 10.7. The highest BCUT2D eigenvalue weighted by atomic mass is 35.5. The Morgan fingerprint density at radius 3 is 2.32 bits per heavy atom. The minimum absolute atomic E-state index is 0.0524. The summed E-state index contributed by atoms with van der Waals surface area (Å²) >= 11 is 5.81. The van der Waals surface area contributed by atoms with E-state index in [2.05, 4.69) is 5.32 Å². The van der Waals surface area contributed by atoms with E-state index in [1.54, 1.807) is 19.2 Å². The maximum atomic E-state index is 11.7. The molecule has 116 valence electrons. The van der Waals surface area contributed by atoms with Gasteiger partial charge >= 0.3 is 0 Å². The monoisotopic (exact) mass is 319 g/mol. The molecule has 1 amide bonds. The third-order valence-electron chi connectivity index (χ3n) is 3.06. The quantitative estimate of drug-likeness (QED) is 0.850. The largest absolute Gasteiger partial charge is 0.497 e. The maximum absolute atomic E-state index is 11.7. The summed E-state index contributed by atoms with van der Waals surface area (Å²) in [6.45, 7) is 0.817. The molecule has 0 aromatic heterocycles. The van der Waals surface area contributed by atoms with Crippen molar-refractivity contribution in [2.75, 3.05) is 13.7 Å². The van der Waals surface area contributed by atoms with Crippen LogP contribution in [0.4, 0.5) is 0 Å². The predicted molar refractivity (Wildman–Crippen MR) is 86.4 cm³/mol. The van der Waals surface area contributed by atoms with Crippen molar-refractivity contribution < 1.29 is 14.3 Å². The molecular weight excluding hydrogens is 302 g/mol. The highest BCUT2D eigenvalue weighted by Gasteiger charge is 2.02. The van der Waals surface area contributed by atoms with E-state index < -0.39 is 0 Å². The van der Waals surface area contributed by atoms with Crippen LogP contribution in [0.3, 0.4) is 0 Å². The molecule has 0 bridgehead atoms. The zero-order chi connectivity index (χ0) is 15.8. The summed E-state index contributed by atoms with van der Waals surface area (Å²) in [5, 5.41) is 3.52. The molecular formula is C17H18ClNO3. The van der Waals surface area contributed by atoms with Gasteiger partial charge in [0, 0.05) is 11.6 Å². The van der Waals surface area contributed by atoms with E-state index in [1.165, 1.54) is 0 Å². The summed E-state index contributed by atoms with van der Waals surface area (Å²) in [6, 6.07) is 14.6. The third kappa shape index (κ3) is 5.30. The summed E-state index contributed by atoms with van der Waals surface area (Å²) in [5.41, 5.74) is 1.01. The standard InChI is InChI=1S/C17H18ClNO3/c1-21-15-6-8-16(9-7-15)22-11-10-17(20)19-12-13-2-4-14(18)5-3-13/h2-9H,10-12H2,1H3,(H,19,20). The predicted octanol–water partition coefficient (Wildman–Crippen LogP) is 3.43. The van der Waals surface area contributed by atoms with Crippen LogP contribution >= 0.6 is 11.6 Å². The molecule has 0 aliphatic carbocycles. The molecule has 22 heavy (non-hydrogen) atoms. The second-order valence-corrected chi connectivity index (χ2v) is 5.11. The molecule has 0 spiro atoms. The van der Waals surface area contributed by atoms with Crippen molar-refractivity contribution in [3.63, 3.8) is 0 Å². The topological polar surface area (TPSA) is 47.6 Å². The van der Waals surface area contributed by atoms with Gasteiger partial charge in [-0.1, -0.05) is 23.7 Å². The molecule has 0 atom stereocenters. The number of hydrogen-bond acceptors (Lipinski definition) is 3. The van der Waals surface area contributed by atoms with Crippen LogP contribution in [0, 0.1) is 0 Å². The van der Waals surface area contributed by atoms with Gasteiger partial charge in [-0.25, -0.2) is 0 Å². The maximum Gasteiger partial charge on any atom is 0.223 e. The van der Waals surface area contributed by atoms with Crippen LogP contribution in [-0.2, 0) is 11.3 Å². The normalized spacial score (nSPS) is 10.1. The molecule has 5 heteroatoms. The summed E-state index contributed by atoms with van der Waals surface area (Å²) in [6.07, 6.45) is 0.305. The van der Waals surface area contributed by atoms with Crippen LogP contribution in [0.1, 0.15) is 12.0 Å². The van der Waals surface area contributed by atoms with E-state index >= 15 is 0 Å². The fourth-order valence-electron chi connectivity index (χ4n) is 1.82. The number of amides is 1. The lowest BCUT2D eigenvalue weighted by molar-refractivity contribution is -0.121. The van der Waals surface area contributed by atoms with E-state index in [0.717, 1.165) is 11.3 Å². The average molecular weight is 320 g/mol. The number of carbonyl (C=O) groups excluding carboxylic acids is 1. The lowest BCUT2D eigenvalue weighted by Crippen LogP contribution is -2.24. The zero-order valence-corrected chi connectivity index (χ0v) is 13.1. The Labute approximate surface area is 135 Å². The highest BCUT2D eigenvalue weighted by molar-refractivity contribution is 6.30. The van der Waals surface area contributed by atoms with Crippen LogP contribution in [0.5, 0.6) is 11.5 Å². The Balaban J connectivity index is 1.67. The first-order valence-electron chi connectivity index (χ1n) is 6.95. The Hall–Kier alpha value is -2.20. The molecule has 0 saturated carbocycles. The zero-order valence-electron chi connectivity index (χ0n) is 12.3. The van der Waals surface area contributed by atoms with Gasteiger partial charge in [0.2, 0.25) is 5.91 Å². The van der Waals surface area contributed by atoms with Crippen molar-refractivity contribution in [3.8, 4) is 11.5 Å². The fraction of sp³-hybridized carbons (Fsp3) is 0.235. The average Bonchev–Trinajstić information content (AvgIpc) is 2.55. The second kappa shape index (κ2) is 8.29. The van der Waals surface area contributed by atoms with Gasteiger partial charge in [-0.05, 0) is 42.0 Å². The smallest absolute Gasteiger partial charge is 0.223 e. The highest BCUT2D eigenvalue weighted by Crippen LogP contribution is 2.17. The Kier molecular flexibility index (Phi) is 6.10. The van der Waals surface area contributed by atoms with E-state index in [1.807, 2.05) is 36.4 Å². The first-order valence-corrected chi connectivity index (χ1v) is 7.33. The van der Waals surface area contributed by atoms with Crippen molar-refractivity contribution in [3.05, 3.63) is 59.1 Å². The number of nitrogens with one attached hydrogen (secondary N) is 1. The second-order valence-electron chi connectivity index (χ2n) is 4.68. The summed E-state index contributed by atoms with van der Waals surface area (Å²) in [4.78, 5) is 11.7. The lowest BCUT2D eigenvalue weighted by atomic mass is 10.2. The molecule has 2 aromatic carbocycles. The van der Waals surface area contributed by atoms with Crippen LogP contribution < -0.4 is 14.8 Å².